The lowest BCUT2D eigenvalue weighted by atomic mass is 10.2. The summed E-state index contributed by atoms with van der Waals surface area (Å²) >= 11 is 3.41. The Kier molecular flexibility index (Phi) is 5.30. The third kappa shape index (κ3) is 4.36. The van der Waals surface area contributed by atoms with E-state index in [-0.39, 0.29) is 17.2 Å². The highest BCUT2D eigenvalue weighted by Gasteiger charge is 2.13. The second-order valence-electron chi connectivity index (χ2n) is 5.31. The largest absolute Gasteiger partial charge is 0.472 e. The van der Waals surface area contributed by atoms with Crippen LogP contribution in [-0.2, 0) is 11.3 Å². The summed E-state index contributed by atoms with van der Waals surface area (Å²) in [6.07, 6.45) is 6.36. The Morgan fingerprint density at radius 1 is 1.20 bits per heavy atom. The second kappa shape index (κ2) is 7.81. The molecule has 0 saturated heterocycles. The molecule has 2 aromatic heterocycles. The van der Waals surface area contributed by atoms with Crippen LogP contribution >= 0.6 is 15.9 Å². The van der Waals surface area contributed by atoms with Gasteiger partial charge in [0.2, 0.25) is 0 Å². The summed E-state index contributed by atoms with van der Waals surface area (Å²) in [6, 6.07) is 14.0. The highest BCUT2D eigenvalue weighted by molar-refractivity contribution is 9.10. The maximum absolute atomic E-state index is 12.7. The van der Waals surface area contributed by atoms with Crippen LogP contribution < -0.4 is 10.9 Å². The van der Waals surface area contributed by atoms with Crippen LogP contribution in [0.3, 0.4) is 0 Å². The lowest BCUT2D eigenvalue weighted by Gasteiger charge is -2.11. The zero-order chi connectivity index (χ0) is 17.6. The van der Waals surface area contributed by atoms with Crippen LogP contribution in [0, 0.1) is 0 Å². The van der Waals surface area contributed by atoms with Crippen molar-refractivity contribution in [2.75, 3.05) is 0 Å². The van der Waals surface area contributed by atoms with Gasteiger partial charge in [-0.2, -0.15) is 0 Å². The van der Waals surface area contributed by atoms with Gasteiger partial charge in [0.25, 0.3) is 11.5 Å². The van der Waals surface area contributed by atoms with E-state index in [4.69, 9.17) is 4.42 Å². The molecule has 1 amide bonds. The summed E-state index contributed by atoms with van der Waals surface area (Å²) in [5.74, 6) is -0.352. The molecule has 1 aromatic carbocycles. The molecule has 0 aliphatic carbocycles. The van der Waals surface area contributed by atoms with Crippen LogP contribution in [0.2, 0.25) is 0 Å². The number of rotatable bonds is 5. The molecule has 3 rings (SSSR count). The molecule has 0 atom stereocenters. The first kappa shape index (κ1) is 17.0. The molecule has 0 bridgehead atoms. The normalized spacial score (nSPS) is 11.3. The van der Waals surface area contributed by atoms with E-state index in [1.54, 1.807) is 43.0 Å². The van der Waals surface area contributed by atoms with Gasteiger partial charge in [0.15, 0.2) is 0 Å². The molecule has 2 heterocycles. The second-order valence-corrected chi connectivity index (χ2v) is 6.22. The maximum Gasteiger partial charge on any atom is 0.268 e. The molecule has 0 spiro atoms. The van der Waals surface area contributed by atoms with E-state index in [0.717, 1.165) is 15.6 Å². The average Bonchev–Trinajstić information content (AvgIpc) is 3.12. The van der Waals surface area contributed by atoms with Gasteiger partial charge in [0.1, 0.15) is 5.70 Å². The van der Waals surface area contributed by atoms with E-state index in [0.29, 0.717) is 6.54 Å². The number of benzene rings is 1. The summed E-state index contributed by atoms with van der Waals surface area (Å²) in [6.45, 7) is 0.312. The maximum atomic E-state index is 12.7. The number of hydrogen-bond acceptors (Lipinski definition) is 3. The molecule has 0 unspecified atom stereocenters. The molecular formula is C19H15BrN2O3. The third-order valence-corrected chi connectivity index (χ3v) is 3.99. The number of halogens is 1. The molecule has 0 saturated carbocycles. The summed E-state index contributed by atoms with van der Waals surface area (Å²) < 4.78 is 7.21. The highest BCUT2D eigenvalue weighted by atomic mass is 79.9. The standard InChI is InChI=1S/C19H15BrN2O3/c20-16-5-3-4-14(10-16)11-17(22-8-2-1-6-18(22)23)19(24)21-12-15-7-9-25-13-15/h1-11,13H,12H2,(H,21,24)/b17-11+. The van der Waals surface area contributed by atoms with Crippen molar-refractivity contribution >= 4 is 33.6 Å². The smallest absolute Gasteiger partial charge is 0.268 e. The monoisotopic (exact) mass is 398 g/mol. The van der Waals surface area contributed by atoms with Crippen LogP contribution in [0.25, 0.3) is 11.8 Å². The number of carbonyl (C=O) groups is 1. The Labute approximate surface area is 152 Å². The van der Waals surface area contributed by atoms with Crippen molar-refractivity contribution in [3.63, 3.8) is 0 Å². The summed E-state index contributed by atoms with van der Waals surface area (Å²) in [4.78, 5) is 24.9. The van der Waals surface area contributed by atoms with Gasteiger partial charge in [-0.3, -0.25) is 14.2 Å². The van der Waals surface area contributed by atoms with Crippen LogP contribution in [0.15, 0.2) is 80.9 Å². The fourth-order valence-electron chi connectivity index (χ4n) is 2.29. The number of hydrogen-bond donors (Lipinski definition) is 1. The lowest BCUT2D eigenvalue weighted by Crippen LogP contribution is -2.30. The Morgan fingerprint density at radius 3 is 2.80 bits per heavy atom. The van der Waals surface area contributed by atoms with Crippen molar-refractivity contribution in [1.82, 2.24) is 9.88 Å². The van der Waals surface area contributed by atoms with Gasteiger partial charge in [0.05, 0.1) is 12.5 Å². The van der Waals surface area contributed by atoms with Gasteiger partial charge in [-0.05, 0) is 35.9 Å². The Hall–Kier alpha value is -2.86. The van der Waals surface area contributed by atoms with Crippen LogP contribution in [0.4, 0.5) is 0 Å². The Morgan fingerprint density at radius 2 is 2.08 bits per heavy atom. The summed E-state index contributed by atoms with van der Waals surface area (Å²) in [5.41, 5.74) is 1.61. The van der Waals surface area contributed by atoms with Crippen molar-refractivity contribution in [2.45, 2.75) is 6.54 Å². The Balaban J connectivity index is 1.95. The number of nitrogens with zero attached hydrogens (tertiary/aromatic N) is 1. The van der Waals surface area contributed by atoms with Gasteiger partial charge < -0.3 is 9.73 Å². The fourth-order valence-corrected chi connectivity index (χ4v) is 2.71. The van der Waals surface area contributed by atoms with E-state index < -0.39 is 0 Å². The molecule has 1 N–H and O–H groups in total. The zero-order valence-electron chi connectivity index (χ0n) is 13.2. The van der Waals surface area contributed by atoms with Crippen molar-refractivity contribution in [2.24, 2.45) is 0 Å². The predicted molar refractivity (Wildman–Crippen MR) is 99.6 cm³/mol. The minimum atomic E-state index is -0.352. The average molecular weight is 399 g/mol. The summed E-state index contributed by atoms with van der Waals surface area (Å²) in [7, 11) is 0. The number of furan rings is 1. The van der Waals surface area contributed by atoms with Gasteiger partial charge in [-0.25, -0.2) is 0 Å². The zero-order valence-corrected chi connectivity index (χ0v) is 14.8. The summed E-state index contributed by atoms with van der Waals surface area (Å²) in [5, 5.41) is 2.81. The van der Waals surface area contributed by atoms with Crippen molar-refractivity contribution < 1.29 is 9.21 Å². The lowest BCUT2D eigenvalue weighted by molar-refractivity contribution is -0.116. The predicted octanol–water partition coefficient (Wildman–Crippen LogP) is 3.52. The van der Waals surface area contributed by atoms with E-state index in [1.807, 2.05) is 24.3 Å². The topological polar surface area (TPSA) is 64.2 Å². The van der Waals surface area contributed by atoms with E-state index in [9.17, 15) is 9.59 Å². The first-order valence-corrected chi connectivity index (χ1v) is 8.37. The molecule has 0 aliphatic rings. The molecular weight excluding hydrogens is 384 g/mol. The Bertz CT molecular complexity index is 959. The first-order chi connectivity index (χ1) is 12.1. The molecule has 3 aromatic rings. The van der Waals surface area contributed by atoms with E-state index in [1.165, 1.54) is 10.6 Å². The quantitative estimate of drug-likeness (QED) is 0.668. The van der Waals surface area contributed by atoms with Crippen LogP contribution in [-0.4, -0.2) is 10.5 Å². The molecule has 6 heteroatoms. The van der Waals surface area contributed by atoms with Gasteiger partial charge >= 0.3 is 0 Å². The van der Waals surface area contributed by atoms with Crippen LogP contribution in [0.5, 0.6) is 0 Å². The van der Waals surface area contributed by atoms with Crippen molar-refractivity contribution in [3.8, 4) is 0 Å². The number of nitrogens with one attached hydrogen (secondary N) is 1. The van der Waals surface area contributed by atoms with Crippen molar-refractivity contribution in [3.05, 3.63) is 93.2 Å². The molecule has 0 radical (unpaired) electrons. The number of pyridine rings is 1. The molecule has 126 valence electrons. The number of aromatic nitrogens is 1. The fraction of sp³-hybridized carbons (Fsp3) is 0.0526. The SMILES string of the molecule is O=C(NCc1ccoc1)/C(=C\c1cccc(Br)c1)n1ccccc1=O. The van der Waals surface area contributed by atoms with Gasteiger partial charge in [-0.1, -0.05) is 34.1 Å². The van der Waals surface area contributed by atoms with Crippen LogP contribution in [0.1, 0.15) is 11.1 Å². The third-order valence-electron chi connectivity index (χ3n) is 3.50. The first-order valence-electron chi connectivity index (χ1n) is 7.58. The molecule has 25 heavy (non-hydrogen) atoms. The molecule has 5 nitrogen and oxygen atoms in total. The number of carbonyl (C=O) groups excluding carboxylic acids is 1. The minimum absolute atomic E-state index is 0.243. The highest BCUT2D eigenvalue weighted by Crippen LogP contribution is 2.16. The van der Waals surface area contributed by atoms with E-state index in [2.05, 4.69) is 21.2 Å². The molecule has 0 aliphatic heterocycles. The van der Waals surface area contributed by atoms with Gasteiger partial charge in [0, 0.05) is 28.8 Å². The number of amides is 1. The molecule has 0 fully saturated rings. The van der Waals surface area contributed by atoms with Crippen molar-refractivity contribution in [1.29, 1.82) is 0 Å². The van der Waals surface area contributed by atoms with E-state index >= 15 is 0 Å². The van der Waals surface area contributed by atoms with Gasteiger partial charge in [-0.15, -0.1) is 0 Å². The minimum Gasteiger partial charge on any atom is -0.472 e.